The lowest BCUT2D eigenvalue weighted by Gasteiger charge is -2.27. The smallest absolute Gasteiger partial charge is 0.467 e. The maximum absolute atomic E-state index is 13.0. The number of rotatable bonds is 12. The number of carbonyl (C=O) groups excluding carboxylic acids is 2. The fourth-order valence-electron chi connectivity index (χ4n) is 4.53. The number of likely N-dealkylation sites (N-methyl/N-ethyl adjacent to an activating group) is 1. The van der Waals surface area contributed by atoms with Gasteiger partial charge in [0.2, 0.25) is 5.89 Å². The normalized spacial score (nSPS) is 12.2. The quantitative estimate of drug-likeness (QED) is 0.109. The van der Waals surface area contributed by atoms with Gasteiger partial charge in [0.05, 0.1) is 17.2 Å². The molecule has 1 aromatic heterocycles. The first-order chi connectivity index (χ1) is 21.4. The van der Waals surface area contributed by atoms with Gasteiger partial charge in [0.25, 0.3) is 0 Å². The first-order valence-corrected chi connectivity index (χ1v) is 15.1. The number of esters is 1. The third-order valence-corrected chi connectivity index (χ3v) is 7.67. The number of halogens is 7. The molecule has 0 N–H and O–H groups in total. The molecule has 0 saturated carbocycles. The molecule has 3 aromatic carbocycles. The fraction of sp³-hybridized carbons (Fsp3) is 0.300. The van der Waals surface area contributed by atoms with Crippen molar-refractivity contribution in [3.8, 4) is 23.0 Å². The maximum atomic E-state index is 13.0. The number of oxazole rings is 1. The van der Waals surface area contributed by atoms with E-state index in [-0.39, 0.29) is 38.4 Å². The number of fused-ring (bicyclic) bond motifs is 1. The Kier molecular flexibility index (Phi) is 11.4. The van der Waals surface area contributed by atoms with Crippen molar-refractivity contribution in [2.45, 2.75) is 18.6 Å². The van der Waals surface area contributed by atoms with Crippen LogP contribution in [-0.2, 0) is 20.7 Å². The molecular weight excluding hydrogens is 681 g/mol. The zero-order chi connectivity index (χ0) is 32.9. The Labute approximate surface area is 276 Å². The molecule has 1 amide bonds. The lowest BCUT2D eigenvalue weighted by Crippen LogP contribution is -2.49. The number of methoxy groups -OCH3 is 1. The highest BCUT2D eigenvalue weighted by atomic mass is 35.5. The van der Waals surface area contributed by atoms with E-state index in [1.165, 1.54) is 12.1 Å². The summed E-state index contributed by atoms with van der Waals surface area (Å²) >= 11 is 24.8. The Balaban J connectivity index is 1.59. The molecule has 0 unspecified atom stereocenters. The summed E-state index contributed by atoms with van der Waals surface area (Å²) in [5.74, 6) is -1.72. The van der Waals surface area contributed by atoms with Gasteiger partial charge in [-0.1, -0.05) is 29.3 Å². The number of ether oxygens (including phenoxy) is 2. The van der Waals surface area contributed by atoms with Crippen LogP contribution < -0.4 is 9.64 Å². The Morgan fingerprint density at radius 1 is 1.00 bits per heavy atom. The molecule has 240 valence electrons. The summed E-state index contributed by atoms with van der Waals surface area (Å²) in [5, 5.41) is -0.00612. The number of amides is 1. The van der Waals surface area contributed by atoms with E-state index in [2.05, 4.69) is 14.6 Å². The second-order valence-corrected chi connectivity index (χ2v) is 11.3. The second kappa shape index (κ2) is 14.8. The molecule has 0 fully saturated rings. The molecule has 0 aliphatic rings. The molecule has 8 nitrogen and oxygen atoms in total. The summed E-state index contributed by atoms with van der Waals surface area (Å²) < 4.78 is 55.8. The molecule has 45 heavy (non-hydrogen) atoms. The van der Waals surface area contributed by atoms with Crippen LogP contribution in [0.4, 0.5) is 18.9 Å². The number of nitrogens with zero attached hydrogens (tertiary/aromatic N) is 3. The molecule has 0 spiro atoms. The van der Waals surface area contributed by atoms with Crippen LogP contribution in [0.1, 0.15) is 5.56 Å². The Hall–Kier alpha value is -3.38. The largest absolute Gasteiger partial charge is 0.471 e. The van der Waals surface area contributed by atoms with Gasteiger partial charge in [-0.15, -0.1) is 23.2 Å². The van der Waals surface area contributed by atoms with Crippen LogP contribution in [0.5, 0.6) is 11.5 Å². The summed E-state index contributed by atoms with van der Waals surface area (Å²) in [6, 6.07) is 13.8. The first kappa shape index (κ1) is 34.5. The zero-order valence-corrected chi connectivity index (χ0v) is 26.9. The Morgan fingerprint density at radius 3 is 2.18 bits per heavy atom. The van der Waals surface area contributed by atoms with Gasteiger partial charge in [0, 0.05) is 49.6 Å². The topological polar surface area (TPSA) is 85.1 Å². The number of para-hydroxylation sites is 1. The monoisotopic (exact) mass is 705 g/mol. The highest BCUT2D eigenvalue weighted by Crippen LogP contribution is 2.41. The summed E-state index contributed by atoms with van der Waals surface area (Å²) in [6.45, 7) is 1.29. The van der Waals surface area contributed by atoms with Crippen molar-refractivity contribution >= 4 is 75.1 Å². The number of aromatic nitrogens is 1. The van der Waals surface area contributed by atoms with Crippen molar-refractivity contribution in [3.63, 3.8) is 0 Å². The van der Waals surface area contributed by atoms with Gasteiger partial charge in [-0.3, -0.25) is 4.79 Å². The summed E-state index contributed by atoms with van der Waals surface area (Å²) in [6.07, 6.45) is -5.55. The number of benzene rings is 3. The van der Waals surface area contributed by atoms with Gasteiger partial charge < -0.3 is 23.7 Å². The van der Waals surface area contributed by atoms with E-state index < -0.39 is 24.1 Å². The zero-order valence-electron chi connectivity index (χ0n) is 23.8. The summed E-state index contributed by atoms with van der Waals surface area (Å²) in [4.78, 5) is 31.0. The molecule has 0 aliphatic carbocycles. The minimum Gasteiger partial charge on any atom is -0.467 e. The van der Waals surface area contributed by atoms with Crippen molar-refractivity contribution in [2.75, 3.05) is 43.9 Å². The van der Waals surface area contributed by atoms with E-state index in [1.807, 2.05) is 24.3 Å². The summed E-state index contributed by atoms with van der Waals surface area (Å²) in [5.41, 5.74) is 2.74. The predicted octanol–water partition coefficient (Wildman–Crippen LogP) is 7.98. The average Bonchev–Trinajstić information content (AvgIpc) is 3.45. The predicted molar refractivity (Wildman–Crippen MR) is 168 cm³/mol. The highest BCUT2D eigenvalue weighted by Gasteiger charge is 2.45. The van der Waals surface area contributed by atoms with Crippen LogP contribution in [0.3, 0.4) is 0 Å². The van der Waals surface area contributed by atoms with E-state index in [9.17, 15) is 22.8 Å². The van der Waals surface area contributed by atoms with Gasteiger partial charge in [-0.25, -0.2) is 9.78 Å². The minimum absolute atomic E-state index is 0.00306. The van der Waals surface area contributed by atoms with Gasteiger partial charge in [-0.2, -0.15) is 13.2 Å². The van der Waals surface area contributed by atoms with Crippen molar-refractivity contribution < 1.29 is 36.7 Å². The molecular formula is C30H26Cl4F3N3O5. The van der Waals surface area contributed by atoms with Gasteiger partial charge in [0.15, 0.2) is 17.1 Å². The van der Waals surface area contributed by atoms with E-state index >= 15 is 0 Å². The number of hydrogen-bond acceptors (Lipinski definition) is 7. The number of hydrogen-bond donors (Lipinski definition) is 0. The molecule has 1 atom stereocenters. The van der Waals surface area contributed by atoms with Crippen LogP contribution in [-0.4, -0.2) is 73.0 Å². The molecule has 0 aliphatic heterocycles. The number of alkyl halides is 5. The lowest BCUT2D eigenvalue weighted by molar-refractivity contribution is -0.188. The minimum atomic E-state index is -5.19. The second-order valence-electron chi connectivity index (χ2n) is 9.68. The Morgan fingerprint density at radius 2 is 1.62 bits per heavy atom. The third-order valence-electron chi connectivity index (χ3n) is 6.77. The SMILES string of the molecule is COC(=O)[C@H](Cc1cc(Cl)c(Oc2cccc3nc(-c4ccc(N(CCCl)CCCl)cc4)oc23)c(Cl)c1)N(C)C(=O)C(F)(F)F. The standard InChI is InChI=1S/C30H26Cl4F3N3O5/c1-39(29(42)30(35,36)37)23(28(41)43-2)16-17-14-20(33)25(21(34)15-17)44-24-5-3-4-22-26(24)45-27(38-22)18-6-8-19(9-7-18)40(12-10-31)13-11-32/h3-9,14-15,23H,10-13,16H2,1-2H3/t23-/m0/s1. The van der Waals surface area contributed by atoms with E-state index in [0.717, 1.165) is 19.8 Å². The van der Waals surface area contributed by atoms with Crippen molar-refractivity contribution in [1.82, 2.24) is 9.88 Å². The van der Waals surface area contributed by atoms with Crippen molar-refractivity contribution in [1.29, 1.82) is 0 Å². The van der Waals surface area contributed by atoms with Gasteiger partial charge >= 0.3 is 18.1 Å². The molecule has 1 heterocycles. The van der Waals surface area contributed by atoms with Crippen molar-refractivity contribution in [3.05, 3.63) is 70.2 Å². The molecule has 4 rings (SSSR count). The maximum Gasteiger partial charge on any atom is 0.471 e. The average molecular weight is 707 g/mol. The first-order valence-electron chi connectivity index (χ1n) is 13.3. The highest BCUT2D eigenvalue weighted by molar-refractivity contribution is 6.37. The van der Waals surface area contributed by atoms with Crippen LogP contribution in [0.2, 0.25) is 10.0 Å². The molecule has 4 aromatic rings. The molecule has 0 bridgehead atoms. The fourth-order valence-corrected chi connectivity index (χ4v) is 5.55. The Bertz CT molecular complexity index is 1640. The molecule has 0 radical (unpaired) electrons. The van der Waals surface area contributed by atoms with Crippen LogP contribution in [0, 0.1) is 0 Å². The third kappa shape index (κ3) is 8.07. The van der Waals surface area contributed by atoms with Crippen molar-refractivity contribution in [2.24, 2.45) is 0 Å². The van der Waals surface area contributed by atoms with E-state index in [4.69, 9.17) is 55.6 Å². The van der Waals surface area contributed by atoms with Gasteiger partial charge in [-0.05, 0) is 54.1 Å². The van der Waals surface area contributed by atoms with Crippen LogP contribution >= 0.6 is 46.4 Å². The van der Waals surface area contributed by atoms with Crippen LogP contribution in [0.15, 0.2) is 59.0 Å². The van der Waals surface area contributed by atoms with Gasteiger partial charge in [0.1, 0.15) is 11.6 Å². The number of anilines is 1. The van der Waals surface area contributed by atoms with Crippen LogP contribution in [0.25, 0.3) is 22.6 Å². The van der Waals surface area contributed by atoms with E-state index in [0.29, 0.717) is 47.4 Å². The molecule has 0 saturated heterocycles. The number of carbonyl (C=O) groups is 2. The van der Waals surface area contributed by atoms with E-state index in [1.54, 1.807) is 18.2 Å². The summed E-state index contributed by atoms with van der Waals surface area (Å²) in [7, 11) is 1.86. The molecule has 15 heteroatoms. The lowest BCUT2D eigenvalue weighted by atomic mass is 10.0.